The van der Waals surface area contributed by atoms with Crippen LogP contribution in [0.2, 0.25) is 0 Å². The topological polar surface area (TPSA) is 107 Å². The first kappa shape index (κ1) is 16.8. The van der Waals surface area contributed by atoms with Crippen LogP contribution in [0, 0.1) is 17.1 Å². The number of carboxylic acids is 1. The number of hydrogen-bond acceptors (Lipinski definition) is 4. The summed E-state index contributed by atoms with van der Waals surface area (Å²) in [4.78, 5) is 21.8. The molecule has 0 aliphatic heterocycles. The molecule has 0 fully saturated rings. The first-order valence-electron chi connectivity index (χ1n) is 5.87. The summed E-state index contributed by atoms with van der Waals surface area (Å²) in [5.41, 5.74) is -0.0968. The third-order valence-electron chi connectivity index (χ3n) is 2.54. The summed E-state index contributed by atoms with van der Waals surface area (Å²) in [6.45, 7) is 1.15. The van der Waals surface area contributed by atoms with E-state index in [4.69, 9.17) is 10.4 Å². The van der Waals surface area contributed by atoms with E-state index < -0.39 is 34.5 Å². The molecule has 0 spiro atoms. The summed E-state index contributed by atoms with van der Waals surface area (Å²) in [6.07, 6.45) is 0. The Kier molecular flexibility index (Phi) is 5.99. The van der Waals surface area contributed by atoms with Crippen LogP contribution in [0.1, 0.15) is 18.1 Å². The van der Waals surface area contributed by atoms with Gasteiger partial charge in [-0.2, -0.15) is 5.26 Å². The molecule has 1 rings (SSSR count). The van der Waals surface area contributed by atoms with Crippen molar-refractivity contribution in [2.24, 2.45) is 0 Å². The van der Waals surface area contributed by atoms with Gasteiger partial charge in [0.05, 0.1) is 17.1 Å². The van der Waals surface area contributed by atoms with E-state index in [1.165, 1.54) is 18.2 Å². The second kappa shape index (κ2) is 7.50. The first-order chi connectivity index (χ1) is 9.85. The van der Waals surface area contributed by atoms with E-state index in [-0.39, 0.29) is 22.6 Å². The highest BCUT2D eigenvalue weighted by Gasteiger charge is 2.22. The van der Waals surface area contributed by atoms with Gasteiger partial charge in [0.2, 0.25) is 5.91 Å². The van der Waals surface area contributed by atoms with E-state index in [0.717, 1.165) is 6.92 Å². The lowest BCUT2D eigenvalue weighted by Crippen LogP contribution is -2.43. The predicted octanol–water partition coefficient (Wildman–Crippen LogP) is 0.535. The minimum Gasteiger partial charge on any atom is -0.480 e. The van der Waals surface area contributed by atoms with E-state index in [1.807, 2.05) is 0 Å². The van der Waals surface area contributed by atoms with Crippen molar-refractivity contribution in [2.75, 3.05) is 5.75 Å². The van der Waals surface area contributed by atoms with E-state index in [0.29, 0.717) is 0 Å². The first-order valence-corrected chi connectivity index (χ1v) is 7.36. The van der Waals surface area contributed by atoms with Gasteiger partial charge < -0.3 is 10.4 Å². The van der Waals surface area contributed by atoms with Gasteiger partial charge in [-0.1, -0.05) is 12.1 Å². The largest absolute Gasteiger partial charge is 0.480 e. The number of aliphatic carboxylic acids is 1. The van der Waals surface area contributed by atoms with Gasteiger partial charge >= 0.3 is 5.97 Å². The Hall–Kier alpha value is -2.27. The van der Waals surface area contributed by atoms with Gasteiger partial charge in [0.15, 0.2) is 0 Å². The molecule has 8 heteroatoms. The van der Waals surface area contributed by atoms with E-state index >= 15 is 0 Å². The second-order valence-corrected chi connectivity index (χ2v) is 5.73. The summed E-state index contributed by atoms with van der Waals surface area (Å²) in [5.74, 6) is -3.21. The minimum absolute atomic E-state index is 0.0688. The lowest BCUT2D eigenvalue weighted by atomic mass is 10.1. The Bertz CT molecular complexity index is 627. The van der Waals surface area contributed by atoms with Crippen LogP contribution in [0.25, 0.3) is 0 Å². The van der Waals surface area contributed by atoms with E-state index in [2.05, 4.69) is 5.32 Å². The van der Waals surface area contributed by atoms with Gasteiger partial charge in [0, 0.05) is 23.3 Å². The van der Waals surface area contributed by atoms with Gasteiger partial charge in [-0.05, 0) is 6.07 Å². The maximum absolute atomic E-state index is 13.8. The van der Waals surface area contributed by atoms with Crippen LogP contribution in [0.4, 0.5) is 4.39 Å². The number of carbonyl (C=O) groups excluding carboxylic acids is 1. The van der Waals surface area contributed by atoms with Crippen LogP contribution in [0.3, 0.4) is 0 Å². The highest BCUT2D eigenvalue weighted by molar-refractivity contribution is 7.84. The zero-order valence-electron chi connectivity index (χ0n) is 11.1. The highest BCUT2D eigenvalue weighted by atomic mass is 32.2. The SMILES string of the molecule is CC(=O)NC(CS(=O)Cc1cccc(C#N)c1F)C(=O)O. The van der Waals surface area contributed by atoms with Crippen LogP contribution in [-0.4, -0.2) is 33.0 Å². The number of hydrogen-bond donors (Lipinski definition) is 2. The number of nitriles is 1. The molecule has 1 amide bonds. The van der Waals surface area contributed by atoms with Crippen molar-refractivity contribution < 1.29 is 23.3 Å². The quantitative estimate of drug-likeness (QED) is 0.797. The van der Waals surface area contributed by atoms with Crippen molar-refractivity contribution in [3.05, 3.63) is 35.1 Å². The second-order valence-electron chi connectivity index (χ2n) is 4.23. The summed E-state index contributed by atoms with van der Waals surface area (Å²) in [6, 6.07) is 4.49. The van der Waals surface area contributed by atoms with Gasteiger partial charge in [-0.25, -0.2) is 9.18 Å². The zero-order chi connectivity index (χ0) is 16.0. The molecule has 21 heavy (non-hydrogen) atoms. The molecule has 0 bridgehead atoms. The predicted molar refractivity (Wildman–Crippen MR) is 73.1 cm³/mol. The van der Waals surface area contributed by atoms with E-state index in [9.17, 15) is 18.2 Å². The zero-order valence-corrected chi connectivity index (χ0v) is 11.9. The number of nitrogens with one attached hydrogen (secondary N) is 1. The molecule has 1 aromatic rings. The van der Waals surface area contributed by atoms with Gasteiger partial charge in [0.25, 0.3) is 0 Å². The summed E-state index contributed by atoms with van der Waals surface area (Å²) < 4.78 is 25.7. The highest BCUT2D eigenvalue weighted by Crippen LogP contribution is 2.14. The molecule has 112 valence electrons. The van der Waals surface area contributed by atoms with Crippen LogP contribution < -0.4 is 5.32 Å². The fourth-order valence-electron chi connectivity index (χ4n) is 1.62. The molecule has 2 atom stereocenters. The number of carbonyl (C=O) groups is 2. The van der Waals surface area contributed by atoms with Crippen LogP contribution in [-0.2, 0) is 26.1 Å². The summed E-state index contributed by atoms with van der Waals surface area (Å²) in [5, 5.41) is 19.8. The van der Waals surface area contributed by atoms with Crippen LogP contribution in [0.15, 0.2) is 18.2 Å². The molecule has 0 saturated heterocycles. The monoisotopic (exact) mass is 312 g/mol. The molecule has 2 N–H and O–H groups in total. The third-order valence-corrected chi connectivity index (χ3v) is 3.88. The molecular formula is C13H13FN2O4S. The normalized spacial score (nSPS) is 13.0. The van der Waals surface area contributed by atoms with Crippen molar-refractivity contribution in [3.8, 4) is 6.07 Å². The van der Waals surface area contributed by atoms with Crippen molar-refractivity contribution in [2.45, 2.75) is 18.7 Å². The lowest BCUT2D eigenvalue weighted by molar-refractivity contribution is -0.140. The number of halogens is 1. The fraction of sp³-hybridized carbons (Fsp3) is 0.308. The number of benzene rings is 1. The average Bonchev–Trinajstić information content (AvgIpc) is 2.39. The van der Waals surface area contributed by atoms with Crippen molar-refractivity contribution >= 4 is 22.7 Å². The Labute approximate surface area is 123 Å². The molecule has 0 heterocycles. The van der Waals surface area contributed by atoms with Crippen molar-refractivity contribution in [3.63, 3.8) is 0 Å². The van der Waals surface area contributed by atoms with Gasteiger partial charge in [-0.3, -0.25) is 9.00 Å². The fourth-order valence-corrected chi connectivity index (χ4v) is 2.90. The Morgan fingerprint density at radius 1 is 1.52 bits per heavy atom. The molecular weight excluding hydrogens is 299 g/mol. The maximum Gasteiger partial charge on any atom is 0.327 e. The van der Waals surface area contributed by atoms with Crippen LogP contribution in [0.5, 0.6) is 0 Å². The average molecular weight is 312 g/mol. The van der Waals surface area contributed by atoms with Gasteiger partial charge in [-0.15, -0.1) is 0 Å². The minimum atomic E-state index is -1.70. The summed E-state index contributed by atoms with van der Waals surface area (Å²) >= 11 is 0. The van der Waals surface area contributed by atoms with Gasteiger partial charge in [0.1, 0.15) is 17.9 Å². The molecule has 0 saturated carbocycles. The number of rotatable bonds is 6. The molecule has 0 aliphatic rings. The molecule has 6 nitrogen and oxygen atoms in total. The molecule has 1 aromatic carbocycles. The molecule has 2 unspecified atom stereocenters. The van der Waals surface area contributed by atoms with Crippen molar-refractivity contribution in [1.29, 1.82) is 5.26 Å². The Balaban J connectivity index is 2.80. The third kappa shape index (κ3) is 4.96. The van der Waals surface area contributed by atoms with Crippen LogP contribution >= 0.6 is 0 Å². The Morgan fingerprint density at radius 2 is 2.19 bits per heavy atom. The molecule has 0 aromatic heterocycles. The smallest absolute Gasteiger partial charge is 0.327 e. The standard InChI is InChI=1S/C13H13FN2O4S/c1-8(17)16-11(13(18)19)7-21(20)6-10-4-2-3-9(5-15)12(10)14/h2-4,11H,6-7H2,1H3,(H,16,17)(H,18,19). The molecule has 0 radical (unpaired) electrons. The number of nitrogens with zero attached hydrogens (tertiary/aromatic N) is 1. The summed E-state index contributed by atoms with van der Waals surface area (Å²) in [7, 11) is -1.70. The van der Waals surface area contributed by atoms with E-state index in [1.54, 1.807) is 6.07 Å². The number of amides is 1. The Morgan fingerprint density at radius 3 is 2.71 bits per heavy atom. The van der Waals surface area contributed by atoms with Crippen molar-refractivity contribution in [1.82, 2.24) is 5.32 Å². The number of carboxylic acid groups (broad SMARTS) is 1. The maximum atomic E-state index is 13.8. The molecule has 0 aliphatic carbocycles. The lowest BCUT2D eigenvalue weighted by Gasteiger charge is -2.13.